The third kappa shape index (κ3) is 50.4. The second-order valence-electron chi connectivity index (χ2n) is 19.1. The summed E-state index contributed by atoms with van der Waals surface area (Å²) in [4.78, 5) is 48.4. The molecule has 0 aromatic rings. The number of phosphoric acid groups is 1. The van der Waals surface area contributed by atoms with Gasteiger partial charge in [0.05, 0.1) is 19.8 Å². The smallest absolute Gasteiger partial charge is 0.462 e. The number of allylic oxidation sites excluding steroid dienone is 8. The number of rotatable bonds is 53. The summed E-state index contributed by atoms with van der Waals surface area (Å²) < 4.78 is 39.4. The Hall–Kier alpha value is -2.56. The van der Waals surface area contributed by atoms with E-state index in [1.807, 2.05) is 0 Å². The molecule has 0 saturated carbocycles. The van der Waals surface area contributed by atoms with Crippen LogP contribution in [0.3, 0.4) is 0 Å². The quantitative estimate of drug-likeness (QED) is 0.0197. The van der Waals surface area contributed by atoms with Gasteiger partial charge in [-0.15, -0.1) is 0 Å². The fourth-order valence-electron chi connectivity index (χ4n) is 7.83. The second-order valence-corrected chi connectivity index (χ2v) is 20.6. The summed E-state index contributed by atoms with van der Waals surface area (Å²) in [6, 6.07) is 0. The van der Waals surface area contributed by atoms with Crippen molar-refractivity contribution in [1.29, 1.82) is 0 Å². The summed E-state index contributed by atoms with van der Waals surface area (Å²) in [5.74, 6) is -1.48. The van der Waals surface area contributed by atoms with Gasteiger partial charge in [-0.1, -0.05) is 211 Å². The first kappa shape index (κ1) is 67.4. The molecule has 0 aliphatic heterocycles. The standard InChI is InChI=1S/C58H105O11P/c1-4-7-10-13-16-19-21-23-25-26-27-28-30-31-33-36-38-41-44-47-56(60)65-51-55(69-58(62)49-46-43-40-37-34-32-29-24-22-20-17-14-11-8-5-2)53-67-70(63,64)66-52-54(50-59)68-57(61)48-45-42-39-35-18-15-12-9-6-3/h16,19,23-25,27-29,54-55,59H,4-15,17-18,20-22,26,30-53H2,1-3H3,(H,63,64)/b19-16-,25-23-,28-27-,29-24-. The molecule has 0 aromatic heterocycles. The Morgan fingerprint density at radius 2 is 0.700 bits per heavy atom. The Morgan fingerprint density at radius 1 is 0.400 bits per heavy atom. The molecule has 3 unspecified atom stereocenters. The molecule has 0 aromatic carbocycles. The summed E-state index contributed by atoms with van der Waals surface area (Å²) in [6.07, 6.45) is 55.0. The van der Waals surface area contributed by atoms with Crippen molar-refractivity contribution in [3.05, 3.63) is 48.6 Å². The van der Waals surface area contributed by atoms with E-state index in [9.17, 15) is 28.9 Å². The van der Waals surface area contributed by atoms with Crippen molar-refractivity contribution in [3.8, 4) is 0 Å². The van der Waals surface area contributed by atoms with E-state index >= 15 is 0 Å². The van der Waals surface area contributed by atoms with Crippen molar-refractivity contribution in [2.24, 2.45) is 0 Å². The zero-order valence-corrected chi connectivity index (χ0v) is 45.9. The molecule has 0 amide bonds. The summed E-state index contributed by atoms with van der Waals surface area (Å²) in [7, 11) is -4.74. The van der Waals surface area contributed by atoms with Crippen LogP contribution in [0.25, 0.3) is 0 Å². The van der Waals surface area contributed by atoms with E-state index in [1.165, 1.54) is 96.3 Å². The molecule has 2 N–H and O–H groups in total. The molecule has 0 aliphatic rings. The van der Waals surface area contributed by atoms with Crippen molar-refractivity contribution in [1.82, 2.24) is 0 Å². The number of carbonyl (C=O) groups excluding carboxylic acids is 3. The average molecular weight is 1010 g/mol. The van der Waals surface area contributed by atoms with E-state index in [1.54, 1.807) is 0 Å². The van der Waals surface area contributed by atoms with Crippen molar-refractivity contribution >= 4 is 25.7 Å². The van der Waals surface area contributed by atoms with Crippen LogP contribution in [0.2, 0.25) is 0 Å². The SMILES string of the molecule is CCCCC/C=C\C/C=C\C/C=C\CCCCCCCCC(=O)OCC(COP(=O)(O)OCC(CO)OC(=O)CCCCCCCCCCC)OC(=O)CCCCCCC/C=C\CCCCCCCC. The van der Waals surface area contributed by atoms with Crippen LogP contribution in [0.1, 0.15) is 265 Å². The van der Waals surface area contributed by atoms with Crippen LogP contribution in [0.4, 0.5) is 0 Å². The van der Waals surface area contributed by atoms with Gasteiger partial charge in [-0.05, 0) is 83.5 Å². The van der Waals surface area contributed by atoms with Crippen molar-refractivity contribution in [2.45, 2.75) is 277 Å². The zero-order chi connectivity index (χ0) is 51.3. The highest BCUT2D eigenvalue weighted by molar-refractivity contribution is 7.47. The van der Waals surface area contributed by atoms with Crippen LogP contribution in [0.5, 0.6) is 0 Å². The first-order valence-corrected chi connectivity index (χ1v) is 30.0. The van der Waals surface area contributed by atoms with Crippen LogP contribution < -0.4 is 0 Å². The van der Waals surface area contributed by atoms with Crippen LogP contribution in [0.15, 0.2) is 48.6 Å². The molecule has 408 valence electrons. The highest BCUT2D eigenvalue weighted by Gasteiger charge is 2.28. The molecular formula is C58H105O11P. The van der Waals surface area contributed by atoms with Crippen LogP contribution in [-0.2, 0) is 42.2 Å². The minimum absolute atomic E-state index is 0.156. The molecule has 11 nitrogen and oxygen atoms in total. The van der Waals surface area contributed by atoms with Gasteiger partial charge in [-0.25, -0.2) is 4.57 Å². The average Bonchev–Trinajstić information content (AvgIpc) is 3.35. The van der Waals surface area contributed by atoms with Crippen molar-refractivity contribution in [2.75, 3.05) is 26.4 Å². The summed E-state index contributed by atoms with van der Waals surface area (Å²) in [6.45, 7) is 4.58. The van der Waals surface area contributed by atoms with Gasteiger partial charge in [0, 0.05) is 19.3 Å². The molecule has 0 aliphatic carbocycles. The number of aliphatic hydroxyl groups excluding tert-OH is 1. The third-order valence-corrected chi connectivity index (χ3v) is 13.2. The maximum atomic E-state index is 12.9. The summed E-state index contributed by atoms with van der Waals surface area (Å²) in [5, 5.41) is 9.76. The molecule has 0 bridgehead atoms. The second kappa shape index (κ2) is 52.8. The molecule has 0 heterocycles. The van der Waals surface area contributed by atoms with E-state index < -0.39 is 57.8 Å². The van der Waals surface area contributed by atoms with E-state index in [2.05, 4.69) is 69.4 Å². The first-order valence-electron chi connectivity index (χ1n) is 28.5. The molecule has 0 radical (unpaired) electrons. The lowest BCUT2D eigenvalue weighted by Gasteiger charge is -2.21. The Kier molecular flexibility index (Phi) is 50.8. The van der Waals surface area contributed by atoms with Gasteiger partial charge in [0.15, 0.2) is 6.10 Å². The number of ether oxygens (including phenoxy) is 3. The van der Waals surface area contributed by atoms with E-state index in [-0.39, 0.29) is 25.9 Å². The molecule has 12 heteroatoms. The lowest BCUT2D eigenvalue weighted by Crippen LogP contribution is -2.30. The number of esters is 3. The molecule has 3 atom stereocenters. The minimum atomic E-state index is -4.74. The van der Waals surface area contributed by atoms with Crippen molar-refractivity contribution < 1.29 is 52.2 Å². The van der Waals surface area contributed by atoms with Gasteiger partial charge >= 0.3 is 25.7 Å². The van der Waals surface area contributed by atoms with Gasteiger partial charge in [0.1, 0.15) is 12.7 Å². The molecule has 0 spiro atoms. The van der Waals surface area contributed by atoms with E-state index in [0.717, 1.165) is 109 Å². The predicted octanol–water partition coefficient (Wildman–Crippen LogP) is 16.6. The monoisotopic (exact) mass is 1010 g/mol. The number of hydrogen-bond donors (Lipinski definition) is 2. The predicted molar refractivity (Wildman–Crippen MR) is 289 cm³/mol. The van der Waals surface area contributed by atoms with Crippen molar-refractivity contribution in [3.63, 3.8) is 0 Å². The third-order valence-electron chi connectivity index (χ3n) is 12.2. The molecule has 0 saturated heterocycles. The fourth-order valence-corrected chi connectivity index (χ4v) is 8.61. The number of aliphatic hydroxyl groups is 1. The largest absolute Gasteiger partial charge is 0.472 e. The van der Waals surface area contributed by atoms with Gasteiger partial charge in [0.25, 0.3) is 0 Å². The Bertz CT molecular complexity index is 1360. The lowest BCUT2D eigenvalue weighted by molar-refractivity contribution is -0.161. The molecule has 0 fully saturated rings. The lowest BCUT2D eigenvalue weighted by atomic mass is 10.1. The van der Waals surface area contributed by atoms with Crippen LogP contribution in [-0.4, -0.2) is 66.5 Å². The Labute approximate surface area is 428 Å². The van der Waals surface area contributed by atoms with E-state index in [0.29, 0.717) is 19.3 Å². The van der Waals surface area contributed by atoms with Crippen LogP contribution in [0, 0.1) is 0 Å². The van der Waals surface area contributed by atoms with Gasteiger partial charge < -0.3 is 24.2 Å². The number of hydrogen-bond acceptors (Lipinski definition) is 10. The highest BCUT2D eigenvalue weighted by atomic mass is 31.2. The van der Waals surface area contributed by atoms with Gasteiger partial charge in [-0.2, -0.15) is 0 Å². The highest BCUT2D eigenvalue weighted by Crippen LogP contribution is 2.43. The maximum Gasteiger partial charge on any atom is 0.472 e. The molecule has 70 heavy (non-hydrogen) atoms. The number of carbonyl (C=O) groups is 3. The normalized spacial score (nSPS) is 13.7. The van der Waals surface area contributed by atoms with Gasteiger partial charge in [-0.3, -0.25) is 23.4 Å². The first-order chi connectivity index (χ1) is 34.2. The fraction of sp³-hybridized carbons (Fsp3) is 0.810. The van der Waals surface area contributed by atoms with E-state index in [4.69, 9.17) is 23.3 Å². The summed E-state index contributed by atoms with van der Waals surface area (Å²) in [5.41, 5.74) is 0. The van der Waals surface area contributed by atoms with Crippen LogP contribution >= 0.6 is 7.82 Å². The maximum absolute atomic E-state index is 12.9. The topological polar surface area (TPSA) is 155 Å². The molecular weight excluding hydrogens is 904 g/mol. The number of unbranched alkanes of at least 4 members (excludes halogenated alkanes) is 28. The zero-order valence-electron chi connectivity index (χ0n) is 45.0. The van der Waals surface area contributed by atoms with Gasteiger partial charge in [0.2, 0.25) is 0 Å². The molecule has 0 rings (SSSR count). The Balaban J connectivity index is 4.73. The minimum Gasteiger partial charge on any atom is -0.462 e. The number of phosphoric ester groups is 1. The summed E-state index contributed by atoms with van der Waals surface area (Å²) >= 11 is 0. The Morgan fingerprint density at radius 3 is 1.11 bits per heavy atom.